The van der Waals surface area contributed by atoms with Gasteiger partial charge in [0.25, 0.3) is 0 Å². The van der Waals surface area contributed by atoms with Crippen molar-refractivity contribution in [3.8, 4) is 0 Å². The van der Waals surface area contributed by atoms with E-state index in [9.17, 15) is 9.18 Å². The number of benzene rings is 1. The molecule has 1 heterocycles. The highest BCUT2D eigenvalue weighted by Crippen LogP contribution is 2.24. The van der Waals surface area contributed by atoms with Gasteiger partial charge in [0.2, 0.25) is 5.91 Å². The lowest BCUT2D eigenvalue weighted by molar-refractivity contribution is -0.122. The molecular formula is C13H13FN4O. The molecule has 0 aliphatic carbocycles. The minimum atomic E-state index is -1.26. The summed E-state index contributed by atoms with van der Waals surface area (Å²) in [5.41, 5.74) is 4.97. The zero-order chi connectivity index (χ0) is 13.9. The van der Waals surface area contributed by atoms with Crippen molar-refractivity contribution in [1.82, 2.24) is 9.97 Å². The minimum absolute atomic E-state index is 0.367. The lowest BCUT2D eigenvalue weighted by Crippen LogP contribution is -2.45. The number of hydrogen-bond acceptors (Lipinski definition) is 4. The van der Waals surface area contributed by atoms with Crippen molar-refractivity contribution in [1.29, 1.82) is 0 Å². The average Bonchev–Trinajstić information content (AvgIpc) is 2.39. The second-order valence-electron chi connectivity index (χ2n) is 4.22. The van der Waals surface area contributed by atoms with Crippen LogP contribution in [0.5, 0.6) is 0 Å². The summed E-state index contributed by atoms with van der Waals surface area (Å²) in [5, 5.41) is 2.89. The second-order valence-corrected chi connectivity index (χ2v) is 4.22. The Hall–Kier alpha value is -2.50. The van der Waals surface area contributed by atoms with Crippen LogP contribution in [-0.4, -0.2) is 15.9 Å². The van der Waals surface area contributed by atoms with Crippen LogP contribution in [0.2, 0.25) is 0 Å². The van der Waals surface area contributed by atoms with Crippen LogP contribution < -0.4 is 11.1 Å². The third kappa shape index (κ3) is 2.67. The van der Waals surface area contributed by atoms with E-state index in [4.69, 9.17) is 5.73 Å². The summed E-state index contributed by atoms with van der Waals surface area (Å²) in [6.45, 7) is 1.57. The number of rotatable bonds is 4. The molecule has 0 radical (unpaired) electrons. The quantitative estimate of drug-likeness (QED) is 0.871. The van der Waals surface area contributed by atoms with E-state index in [2.05, 4.69) is 15.3 Å². The maximum atomic E-state index is 13.2. The molecule has 0 bridgehead atoms. The molecule has 0 aliphatic rings. The van der Waals surface area contributed by atoms with Crippen LogP contribution in [0, 0.1) is 5.82 Å². The van der Waals surface area contributed by atoms with E-state index in [1.807, 2.05) is 0 Å². The summed E-state index contributed by atoms with van der Waals surface area (Å²) >= 11 is 0. The first-order valence-corrected chi connectivity index (χ1v) is 5.62. The van der Waals surface area contributed by atoms with Gasteiger partial charge in [0.1, 0.15) is 5.82 Å². The standard InChI is InChI=1S/C13H13FN4O/c1-13(12(15)19,11-8-16-5-6-17-11)18-10-4-2-3-9(14)7-10/h2-8,18H,1H3,(H2,15,19). The van der Waals surface area contributed by atoms with Crippen molar-refractivity contribution in [2.45, 2.75) is 12.5 Å². The average molecular weight is 260 g/mol. The zero-order valence-electron chi connectivity index (χ0n) is 10.3. The number of anilines is 1. The molecule has 0 saturated carbocycles. The summed E-state index contributed by atoms with van der Waals surface area (Å²) in [6, 6.07) is 5.77. The summed E-state index contributed by atoms with van der Waals surface area (Å²) < 4.78 is 13.2. The van der Waals surface area contributed by atoms with Crippen molar-refractivity contribution in [2.75, 3.05) is 5.32 Å². The molecule has 2 rings (SSSR count). The van der Waals surface area contributed by atoms with Crippen molar-refractivity contribution in [3.05, 3.63) is 54.4 Å². The van der Waals surface area contributed by atoms with Crippen LogP contribution in [0.15, 0.2) is 42.9 Å². The fourth-order valence-corrected chi connectivity index (χ4v) is 1.66. The minimum Gasteiger partial charge on any atom is -0.367 e. The van der Waals surface area contributed by atoms with Crippen molar-refractivity contribution in [2.24, 2.45) is 5.73 Å². The smallest absolute Gasteiger partial charge is 0.249 e. The number of nitrogens with zero attached hydrogens (tertiary/aromatic N) is 2. The summed E-state index contributed by atoms with van der Waals surface area (Å²) in [5.74, 6) is -1.03. The summed E-state index contributed by atoms with van der Waals surface area (Å²) in [7, 11) is 0. The molecule has 6 heteroatoms. The Balaban J connectivity index is 2.39. The van der Waals surface area contributed by atoms with Gasteiger partial charge in [0.05, 0.1) is 11.9 Å². The first-order chi connectivity index (χ1) is 9.02. The van der Waals surface area contributed by atoms with E-state index in [0.29, 0.717) is 11.4 Å². The lowest BCUT2D eigenvalue weighted by atomic mass is 9.96. The molecule has 1 atom stereocenters. The Bertz CT molecular complexity index is 590. The highest BCUT2D eigenvalue weighted by molar-refractivity contribution is 5.88. The van der Waals surface area contributed by atoms with E-state index in [0.717, 1.165) is 0 Å². The van der Waals surface area contributed by atoms with E-state index < -0.39 is 17.3 Å². The molecule has 1 amide bonds. The number of carbonyl (C=O) groups excluding carboxylic acids is 1. The fraction of sp³-hybridized carbons (Fsp3) is 0.154. The van der Waals surface area contributed by atoms with E-state index >= 15 is 0 Å². The molecule has 0 spiro atoms. The first-order valence-electron chi connectivity index (χ1n) is 5.62. The number of aromatic nitrogens is 2. The van der Waals surface area contributed by atoms with Gasteiger partial charge in [-0.25, -0.2) is 4.39 Å². The van der Waals surface area contributed by atoms with Crippen molar-refractivity contribution >= 4 is 11.6 Å². The Labute approximate surface area is 109 Å². The van der Waals surface area contributed by atoms with Gasteiger partial charge >= 0.3 is 0 Å². The van der Waals surface area contributed by atoms with Gasteiger partial charge < -0.3 is 11.1 Å². The SMILES string of the molecule is CC(Nc1cccc(F)c1)(C(N)=O)c1cnccn1. The molecule has 5 nitrogen and oxygen atoms in total. The lowest BCUT2D eigenvalue weighted by Gasteiger charge is -2.27. The molecule has 1 aromatic carbocycles. The van der Waals surface area contributed by atoms with Crippen LogP contribution in [0.4, 0.5) is 10.1 Å². The normalized spacial score (nSPS) is 13.6. The molecule has 0 fully saturated rings. The highest BCUT2D eigenvalue weighted by atomic mass is 19.1. The molecule has 3 N–H and O–H groups in total. The van der Waals surface area contributed by atoms with Crippen LogP contribution >= 0.6 is 0 Å². The van der Waals surface area contributed by atoms with Gasteiger partial charge in [-0.1, -0.05) is 6.07 Å². The molecule has 0 saturated heterocycles. The molecule has 1 unspecified atom stereocenters. The van der Waals surface area contributed by atoms with Crippen LogP contribution in [-0.2, 0) is 10.3 Å². The van der Waals surface area contributed by atoms with Crippen molar-refractivity contribution < 1.29 is 9.18 Å². The maximum absolute atomic E-state index is 13.2. The molecular weight excluding hydrogens is 247 g/mol. The number of amides is 1. The first kappa shape index (κ1) is 12.9. The van der Waals surface area contributed by atoms with Gasteiger partial charge in [-0.3, -0.25) is 14.8 Å². The van der Waals surface area contributed by atoms with Crippen LogP contribution in [0.25, 0.3) is 0 Å². The molecule has 2 aromatic rings. The number of nitrogens with one attached hydrogen (secondary N) is 1. The molecule has 1 aromatic heterocycles. The van der Waals surface area contributed by atoms with Gasteiger partial charge in [0.15, 0.2) is 5.54 Å². The highest BCUT2D eigenvalue weighted by Gasteiger charge is 2.35. The third-order valence-electron chi connectivity index (χ3n) is 2.79. The monoisotopic (exact) mass is 260 g/mol. The Morgan fingerprint density at radius 1 is 1.42 bits per heavy atom. The topological polar surface area (TPSA) is 80.9 Å². The molecule has 19 heavy (non-hydrogen) atoms. The van der Waals surface area contributed by atoms with Crippen LogP contribution in [0.1, 0.15) is 12.6 Å². The number of hydrogen-bond donors (Lipinski definition) is 2. The Kier molecular flexibility index (Phi) is 3.41. The predicted molar refractivity (Wildman–Crippen MR) is 68.6 cm³/mol. The number of nitrogens with two attached hydrogens (primary N) is 1. The second kappa shape index (κ2) is 5.01. The Morgan fingerprint density at radius 3 is 2.79 bits per heavy atom. The summed E-state index contributed by atoms with van der Waals surface area (Å²) in [6.07, 6.45) is 4.40. The van der Waals surface area contributed by atoms with Gasteiger partial charge in [0, 0.05) is 18.1 Å². The predicted octanol–water partition coefficient (Wildman–Crippen LogP) is 1.43. The van der Waals surface area contributed by atoms with Gasteiger partial charge in [-0.15, -0.1) is 0 Å². The van der Waals surface area contributed by atoms with Crippen LogP contribution in [0.3, 0.4) is 0 Å². The molecule has 98 valence electrons. The van der Waals surface area contributed by atoms with E-state index in [1.54, 1.807) is 13.0 Å². The third-order valence-corrected chi connectivity index (χ3v) is 2.79. The largest absolute Gasteiger partial charge is 0.367 e. The number of halogens is 1. The van der Waals surface area contributed by atoms with Crippen molar-refractivity contribution in [3.63, 3.8) is 0 Å². The molecule has 0 aliphatic heterocycles. The maximum Gasteiger partial charge on any atom is 0.249 e. The summed E-state index contributed by atoms with van der Waals surface area (Å²) in [4.78, 5) is 19.7. The van der Waals surface area contributed by atoms with E-state index in [1.165, 1.54) is 36.8 Å². The van der Waals surface area contributed by atoms with E-state index in [-0.39, 0.29) is 0 Å². The van der Waals surface area contributed by atoms with Gasteiger partial charge in [-0.05, 0) is 25.1 Å². The fourth-order valence-electron chi connectivity index (χ4n) is 1.66. The van der Waals surface area contributed by atoms with Gasteiger partial charge in [-0.2, -0.15) is 0 Å². The number of carbonyl (C=O) groups is 1. The zero-order valence-corrected chi connectivity index (χ0v) is 10.3. The number of primary amides is 1. The Morgan fingerprint density at radius 2 is 2.21 bits per heavy atom.